The molecule has 0 bridgehead atoms. The van der Waals surface area contributed by atoms with Gasteiger partial charge in [-0.1, -0.05) is 6.92 Å². The van der Waals surface area contributed by atoms with Crippen molar-refractivity contribution in [2.24, 2.45) is 0 Å². The quantitative estimate of drug-likeness (QED) is 0.634. The Hall–Kier alpha value is -1.67. The van der Waals surface area contributed by atoms with Crippen molar-refractivity contribution >= 4 is 21.4 Å². The molecule has 0 saturated carbocycles. The van der Waals surface area contributed by atoms with E-state index in [9.17, 15) is 18.5 Å². The molecule has 106 valence electrons. The van der Waals surface area contributed by atoms with Crippen LogP contribution in [0.3, 0.4) is 0 Å². The van der Waals surface area contributed by atoms with Gasteiger partial charge < -0.3 is 5.32 Å². The van der Waals surface area contributed by atoms with Crippen LogP contribution < -0.4 is 5.32 Å². The minimum Gasteiger partial charge on any atom is -0.388 e. The maximum atomic E-state index is 12.3. The van der Waals surface area contributed by atoms with Gasteiger partial charge in [-0.15, -0.1) is 0 Å². The summed E-state index contributed by atoms with van der Waals surface area (Å²) in [6.45, 7) is 2.15. The predicted molar refractivity (Wildman–Crippen MR) is 72.7 cm³/mol. The zero-order chi connectivity index (χ0) is 14.6. The van der Waals surface area contributed by atoms with Gasteiger partial charge in [-0.25, -0.2) is 12.7 Å². The number of nitrogens with zero attached hydrogens (tertiary/aromatic N) is 2. The van der Waals surface area contributed by atoms with Gasteiger partial charge in [0.2, 0.25) is 10.0 Å². The van der Waals surface area contributed by atoms with Gasteiger partial charge in [-0.3, -0.25) is 10.1 Å². The standard InChI is InChI=1S/C11H17N3O4S/c1-4-7-13(3)19(17,18)11-8-9(12-2)5-6-10(11)14(15)16/h5-6,8,12H,4,7H2,1-3H3. The molecule has 0 aliphatic carbocycles. The molecule has 0 heterocycles. The van der Waals surface area contributed by atoms with E-state index < -0.39 is 20.6 Å². The molecule has 1 N–H and O–H groups in total. The highest BCUT2D eigenvalue weighted by Crippen LogP contribution is 2.29. The van der Waals surface area contributed by atoms with Gasteiger partial charge in [0, 0.05) is 32.4 Å². The second-order valence-corrected chi connectivity index (χ2v) is 6.03. The van der Waals surface area contributed by atoms with Gasteiger partial charge in [0.05, 0.1) is 4.92 Å². The number of anilines is 1. The summed E-state index contributed by atoms with van der Waals surface area (Å²) in [5.41, 5.74) is 0.0935. The third-order valence-corrected chi connectivity index (χ3v) is 4.56. The molecule has 0 radical (unpaired) electrons. The lowest BCUT2D eigenvalue weighted by Gasteiger charge is -2.16. The fourth-order valence-corrected chi connectivity index (χ4v) is 3.07. The van der Waals surface area contributed by atoms with Crippen LogP contribution in [-0.4, -0.2) is 38.3 Å². The van der Waals surface area contributed by atoms with Crippen LogP contribution >= 0.6 is 0 Å². The van der Waals surface area contributed by atoms with Crippen LogP contribution in [0.5, 0.6) is 0 Å². The Morgan fingerprint density at radius 2 is 2.05 bits per heavy atom. The Morgan fingerprint density at radius 3 is 2.53 bits per heavy atom. The summed E-state index contributed by atoms with van der Waals surface area (Å²) in [5, 5.41) is 13.7. The van der Waals surface area contributed by atoms with Crippen LogP contribution in [0.4, 0.5) is 11.4 Å². The van der Waals surface area contributed by atoms with E-state index in [1.165, 1.54) is 25.2 Å². The molecule has 0 atom stereocenters. The molecule has 0 unspecified atom stereocenters. The smallest absolute Gasteiger partial charge is 0.289 e. The zero-order valence-corrected chi connectivity index (χ0v) is 11.9. The molecule has 7 nitrogen and oxygen atoms in total. The monoisotopic (exact) mass is 287 g/mol. The molecular weight excluding hydrogens is 270 g/mol. The Balaban J connectivity index is 3.42. The molecule has 1 rings (SSSR count). The van der Waals surface area contributed by atoms with E-state index in [-0.39, 0.29) is 4.90 Å². The SMILES string of the molecule is CCCN(C)S(=O)(=O)c1cc(NC)ccc1[N+](=O)[O-]. The number of nitro groups is 1. The molecule has 19 heavy (non-hydrogen) atoms. The van der Waals surface area contributed by atoms with Gasteiger partial charge in [0.25, 0.3) is 5.69 Å². The van der Waals surface area contributed by atoms with E-state index in [4.69, 9.17) is 0 Å². The molecule has 0 aliphatic heterocycles. The molecule has 0 saturated heterocycles. The number of sulfonamides is 1. The van der Waals surface area contributed by atoms with E-state index in [0.29, 0.717) is 18.7 Å². The van der Waals surface area contributed by atoms with Crippen molar-refractivity contribution in [1.29, 1.82) is 0 Å². The number of nitro benzene ring substituents is 1. The molecule has 8 heteroatoms. The predicted octanol–water partition coefficient (Wildman–Crippen LogP) is 1.67. The first-order valence-electron chi connectivity index (χ1n) is 5.77. The molecule has 0 amide bonds. The maximum absolute atomic E-state index is 12.3. The Kier molecular flexibility index (Phi) is 4.84. The summed E-state index contributed by atoms with van der Waals surface area (Å²) in [4.78, 5) is 9.97. The van der Waals surface area contributed by atoms with Crippen molar-refractivity contribution in [3.8, 4) is 0 Å². The lowest BCUT2D eigenvalue weighted by Crippen LogP contribution is -2.28. The summed E-state index contributed by atoms with van der Waals surface area (Å²) >= 11 is 0. The van der Waals surface area contributed by atoms with E-state index in [2.05, 4.69) is 5.32 Å². The second kappa shape index (κ2) is 5.98. The van der Waals surface area contributed by atoms with Crippen LogP contribution in [0.2, 0.25) is 0 Å². The highest BCUT2D eigenvalue weighted by Gasteiger charge is 2.29. The summed E-state index contributed by atoms with van der Waals surface area (Å²) in [6.07, 6.45) is 0.634. The number of rotatable bonds is 6. The summed E-state index contributed by atoms with van der Waals surface area (Å²) in [5.74, 6) is 0. The van der Waals surface area contributed by atoms with Gasteiger partial charge in [0.1, 0.15) is 0 Å². The maximum Gasteiger partial charge on any atom is 0.289 e. The van der Waals surface area contributed by atoms with Gasteiger partial charge in [0.15, 0.2) is 4.90 Å². The van der Waals surface area contributed by atoms with Crippen molar-refractivity contribution < 1.29 is 13.3 Å². The van der Waals surface area contributed by atoms with Crippen LogP contribution in [0.15, 0.2) is 23.1 Å². The molecule has 0 spiro atoms. The average molecular weight is 287 g/mol. The Bertz CT molecular complexity index is 571. The van der Waals surface area contributed by atoms with Crippen molar-refractivity contribution in [2.75, 3.05) is 26.0 Å². The first kappa shape index (κ1) is 15.4. The molecule has 0 fully saturated rings. The topological polar surface area (TPSA) is 92.6 Å². The second-order valence-electron chi connectivity index (χ2n) is 4.02. The van der Waals surface area contributed by atoms with Gasteiger partial charge in [-0.2, -0.15) is 0 Å². The first-order valence-corrected chi connectivity index (χ1v) is 7.21. The fraction of sp³-hybridized carbons (Fsp3) is 0.455. The normalized spacial score (nSPS) is 11.6. The van der Waals surface area contributed by atoms with E-state index in [1.807, 2.05) is 6.92 Å². The third kappa shape index (κ3) is 3.21. The van der Waals surface area contributed by atoms with Crippen molar-refractivity contribution in [2.45, 2.75) is 18.2 Å². The van der Waals surface area contributed by atoms with Crippen molar-refractivity contribution in [1.82, 2.24) is 4.31 Å². The van der Waals surface area contributed by atoms with E-state index in [0.717, 1.165) is 4.31 Å². The van der Waals surface area contributed by atoms with E-state index in [1.54, 1.807) is 7.05 Å². The third-order valence-electron chi connectivity index (χ3n) is 2.67. The number of benzene rings is 1. The van der Waals surface area contributed by atoms with Crippen LogP contribution in [-0.2, 0) is 10.0 Å². The van der Waals surface area contributed by atoms with Crippen LogP contribution in [0.25, 0.3) is 0 Å². The molecule has 0 aromatic heterocycles. The fourth-order valence-electron chi connectivity index (χ4n) is 1.63. The summed E-state index contributed by atoms with van der Waals surface area (Å²) < 4.78 is 25.7. The summed E-state index contributed by atoms with van der Waals surface area (Å²) in [7, 11) is -0.828. The largest absolute Gasteiger partial charge is 0.388 e. The van der Waals surface area contributed by atoms with E-state index >= 15 is 0 Å². The van der Waals surface area contributed by atoms with Crippen LogP contribution in [0, 0.1) is 10.1 Å². The average Bonchev–Trinajstić information content (AvgIpc) is 2.38. The molecule has 0 aliphatic rings. The molecular formula is C11H17N3O4S. The lowest BCUT2D eigenvalue weighted by molar-refractivity contribution is -0.387. The van der Waals surface area contributed by atoms with Gasteiger partial charge in [-0.05, 0) is 18.6 Å². The highest BCUT2D eigenvalue weighted by atomic mass is 32.2. The summed E-state index contributed by atoms with van der Waals surface area (Å²) in [6, 6.07) is 3.94. The number of hydrogen-bond acceptors (Lipinski definition) is 5. The van der Waals surface area contributed by atoms with Crippen molar-refractivity contribution in [3.05, 3.63) is 28.3 Å². The van der Waals surface area contributed by atoms with Gasteiger partial charge >= 0.3 is 0 Å². The minimum absolute atomic E-state index is 0.291. The zero-order valence-electron chi connectivity index (χ0n) is 11.1. The molecule has 1 aromatic carbocycles. The van der Waals surface area contributed by atoms with Crippen LogP contribution in [0.1, 0.15) is 13.3 Å². The Morgan fingerprint density at radius 1 is 1.42 bits per heavy atom. The Labute approximate surface area is 112 Å². The van der Waals surface area contributed by atoms with Crippen molar-refractivity contribution in [3.63, 3.8) is 0 Å². The number of hydrogen-bond donors (Lipinski definition) is 1. The minimum atomic E-state index is -3.86. The number of nitrogens with one attached hydrogen (secondary N) is 1. The molecule has 1 aromatic rings. The first-order chi connectivity index (χ1) is 8.84. The highest BCUT2D eigenvalue weighted by molar-refractivity contribution is 7.89. The lowest BCUT2D eigenvalue weighted by atomic mass is 10.3.